The van der Waals surface area contributed by atoms with Crippen molar-refractivity contribution in [2.24, 2.45) is 0 Å². The summed E-state index contributed by atoms with van der Waals surface area (Å²) in [5.74, 6) is -0.0192. The van der Waals surface area contributed by atoms with Crippen molar-refractivity contribution in [3.63, 3.8) is 0 Å². The number of rotatable bonds is 4. The average molecular weight is 290 g/mol. The lowest BCUT2D eigenvalue weighted by Gasteiger charge is -2.19. The second kappa shape index (κ2) is 7.22. The number of ether oxygens (including phenoxy) is 1. The average Bonchev–Trinajstić information content (AvgIpc) is 2.69. The molecule has 1 fully saturated rings. The van der Waals surface area contributed by atoms with Crippen molar-refractivity contribution in [1.82, 2.24) is 10.2 Å². The highest BCUT2D eigenvalue weighted by molar-refractivity contribution is 5.94. The first-order valence-corrected chi connectivity index (χ1v) is 7.33. The summed E-state index contributed by atoms with van der Waals surface area (Å²) in [6.07, 6.45) is 0.555. The monoisotopic (exact) mass is 290 g/mol. The quantitative estimate of drug-likeness (QED) is 0.916. The molecule has 21 heavy (non-hydrogen) atoms. The molecule has 114 valence electrons. The van der Waals surface area contributed by atoms with Crippen LogP contribution in [0.2, 0.25) is 0 Å². The second-order valence-corrected chi connectivity index (χ2v) is 5.45. The third-order valence-electron chi connectivity index (χ3n) is 3.38. The zero-order valence-electron chi connectivity index (χ0n) is 12.6. The molecule has 1 aliphatic rings. The van der Waals surface area contributed by atoms with Gasteiger partial charge in [-0.2, -0.15) is 0 Å². The number of carbonyl (C=O) groups excluding carboxylic acids is 2. The van der Waals surface area contributed by atoms with Crippen LogP contribution in [0.25, 0.3) is 0 Å². The van der Waals surface area contributed by atoms with Crippen LogP contribution in [0.4, 0.5) is 0 Å². The normalized spacial score (nSPS) is 15.8. The fraction of sp³-hybridized carbons (Fsp3) is 0.500. The molecule has 1 aromatic carbocycles. The van der Waals surface area contributed by atoms with Crippen LogP contribution in [0.1, 0.15) is 36.2 Å². The summed E-state index contributed by atoms with van der Waals surface area (Å²) in [6.45, 7) is 6.09. The van der Waals surface area contributed by atoms with E-state index in [-0.39, 0.29) is 17.9 Å². The Hall–Kier alpha value is -1.88. The molecule has 5 nitrogen and oxygen atoms in total. The fourth-order valence-electron chi connectivity index (χ4n) is 2.16. The Kier molecular flexibility index (Phi) is 5.33. The van der Waals surface area contributed by atoms with E-state index in [0.29, 0.717) is 38.2 Å². The van der Waals surface area contributed by atoms with Gasteiger partial charge < -0.3 is 15.0 Å². The lowest BCUT2D eigenvalue weighted by Crippen LogP contribution is -2.34. The zero-order chi connectivity index (χ0) is 15.2. The molecule has 1 saturated heterocycles. The van der Waals surface area contributed by atoms with E-state index in [4.69, 9.17) is 4.74 Å². The Balaban J connectivity index is 1.97. The summed E-state index contributed by atoms with van der Waals surface area (Å²) < 4.78 is 5.53. The van der Waals surface area contributed by atoms with Crippen LogP contribution >= 0.6 is 0 Å². The van der Waals surface area contributed by atoms with Crippen molar-refractivity contribution >= 4 is 11.8 Å². The van der Waals surface area contributed by atoms with E-state index in [2.05, 4.69) is 5.32 Å². The van der Waals surface area contributed by atoms with E-state index in [0.717, 1.165) is 5.56 Å². The van der Waals surface area contributed by atoms with Crippen molar-refractivity contribution < 1.29 is 14.3 Å². The van der Waals surface area contributed by atoms with E-state index in [1.54, 1.807) is 4.90 Å². The molecular weight excluding hydrogens is 268 g/mol. The summed E-state index contributed by atoms with van der Waals surface area (Å²) >= 11 is 0. The Bertz CT molecular complexity index is 497. The van der Waals surface area contributed by atoms with Gasteiger partial charge in [-0.1, -0.05) is 12.1 Å². The maximum absolute atomic E-state index is 12.4. The van der Waals surface area contributed by atoms with E-state index in [1.165, 1.54) is 0 Å². The number of nitrogens with one attached hydrogen (secondary N) is 1. The maximum atomic E-state index is 12.4. The first-order valence-electron chi connectivity index (χ1n) is 7.33. The molecule has 0 aromatic heterocycles. The first-order chi connectivity index (χ1) is 10.1. The topological polar surface area (TPSA) is 58.6 Å². The van der Waals surface area contributed by atoms with Crippen molar-refractivity contribution in [3.05, 3.63) is 35.4 Å². The van der Waals surface area contributed by atoms with Gasteiger partial charge in [0, 0.05) is 31.6 Å². The molecular formula is C16H22N2O3. The summed E-state index contributed by atoms with van der Waals surface area (Å²) in [7, 11) is 0. The molecule has 2 amide bonds. The van der Waals surface area contributed by atoms with Crippen molar-refractivity contribution in [2.75, 3.05) is 19.6 Å². The van der Waals surface area contributed by atoms with Gasteiger partial charge >= 0.3 is 0 Å². The predicted octanol–water partition coefficient (Wildman–Crippen LogP) is 1.57. The SMILES string of the molecule is CC(C)OCc1ccc(C(=O)N2CCNC(=O)CC2)cc1. The van der Waals surface area contributed by atoms with E-state index < -0.39 is 0 Å². The molecule has 0 aliphatic carbocycles. The van der Waals surface area contributed by atoms with Gasteiger partial charge in [0.2, 0.25) is 5.91 Å². The number of nitrogens with zero attached hydrogens (tertiary/aromatic N) is 1. The van der Waals surface area contributed by atoms with E-state index >= 15 is 0 Å². The van der Waals surface area contributed by atoms with Crippen LogP contribution in [-0.4, -0.2) is 42.5 Å². The summed E-state index contributed by atoms with van der Waals surface area (Å²) in [5, 5.41) is 2.77. The largest absolute Gasteiger partial charge is 0.374 e. The third kappa shape index (κ3) is 4.56. The molecule has 2 rings (SSSR count). The highest BCUT2D eigenvalue weighted by Gasteiger charge is 2.19. The second-order valence-electron chi connectivity index (χ2n) is 5.45. The zero-order valence-corrected chi connectivity index (χ0v) is 12.6. The van der Waals surface area contributed by atoms with Gasteiger partial charge in [0.05, 0.1) is 12.7 Å². The molecule has 1 heterocycles. The lowest BCUT2D eigenvalue weighted by atomic mass is 10.1. The van der Waals surface area contributed by atoms with E-state index in [1.807, 2.05) is 38.1 Å². The number of hydrogen-bond donors (Lipinski definition) is 1. The van der Waals surface area contributed by atoms with E-state index in [9.17, 15) is 9.59 Å². The lowest BCUT2D eigenvalue weighted by molar-refractivity contribution is -0.120. The van der Waals surface area contributed by atoms with Gasteiger partial charge in [0.1, 0.15) is 0 Å². The molecule has 0 bridgehead atoms. The smallest absolute Gasteiger partial charge is 0.253 e. The third-order valence-corrected chi connectivity index (χ3v) is 3.38. The molecule has 0 spiro atoms. The molecule has 0 unspecified atom stereocenters. The van der Waals surface area contributed by atoms with Gasteiger partial charge in [-0.05, 0) is 31.5 Å². The molecule has 1 aromatic rings. The molecule has 0 saturated carbocycles. The van der Waals surface area contributed by atoms with Gasteiger partial charge in [0.15, 0.2) is 0 Å². The summed E-state index contributed by atoms with van der Waals surface area (Å²) in [4.78, 5) is 25.4. The fourth-order valence-corrected chi connectivity index (χ4v) is 2.16. The number of benzene rings is 1. The molecule has 1 N–H and O–H groups in total. The number of hydrogen-bond acceptors (Lipinski definition) is 3. The van der Waals surface area contributed by atoms with Crippen LogP contribution in [0.3, 0.4) is 0 Å². The summed E-state index contributed by atoms with van der Waals surface area (Å²) in [5.41, 5.74) is 1.70. The standard InChI is InChI=1S/C16H22N2O3/c1-12(2)21-11-13-3-5-14(6-4-13)16(20)18-9-7-15(19)17-8-10-18/h3-6,12H,7-11H2,1-2H3,(H,17,19). The minimum atomic E-state index is -0.0252. The highest BCUT2D eigenvalue weighted by Crippen LogP contribution is 2.10. The minimum Gasteiger partial charge on any atom is -0.374 e. The number of carbonyl (C=O) groups is 2. The van der Waals surface area contributed by atoms with Gasteiger partial charge in [-0.15, -0.1) is 0 Å². The van der Waals surface area contributed by atoms with Crippen molar-refractivity contribution in [3.8, 4) is 0 Å². The first kappa shape index (κ1) is 15.5. The molecule has 0 atom stereocenters. The molecule has 0 radical (unpaired) electrons. The molecule has 5 heteroatoms. The molecule has 1 aliphatic heterocycles. The van der Waals surface area contributed by atoms with Crippen molar-refractivity contribution in [1.29, 1.82) is 0 Å². The Labute approximate surface area is 125 Å². The van der Waals surface area contributed by atoms with Crippen LogP contribution < -0.4 is 5.32 Å². The van der Waals surface area contributed by atoms with Crippen LogP contribution in [0, 0.1) is 0 Å². The predicted molar refractivity (Wildman–Crippen MR) is 79.9 cm³/mol. The Morgan fingerprint density at radius 2 is 2.00 bits per heavy atom. The van der Waals surface area contributed by atoms with Crippen molar-refractivity contribution in [2.45, 2.75) is 33.0 Å². The van der Waals surface area contributed by atoms with Crippen LogP contribution in [-0.2, 0) is 16.1 Å². The minimum absolute atomic E-state index is 0.00600. The van der Waals surface area contributed by atoms with Gasteiger partial charge in [0.25, 0.3) is 5.91 Å². The van der Waals surface area contributed by atoms with Gasteiger partial charge in [-0.25, -0.2) is 0 Å². The van der Waals surface area contributed by atoms with Crippen LogP contribution in [0.15, 0.2) is 24.3 Å². The Morgan fingerprint density at radius 1 is 1.29 bits per heavy atom. The van der Waals surface area contributed by atoms with Gasteiger partial charge in [-0.3, -0.25) is 9.59 Å². The highest BCUT2D eigenvalue weighted by atomic mass is 16.5. The van der Waals surface area contributed by atoms with Crippen LogP contribution in [0.5, 0.6) is 0 Å². The maximum Gasteiger partial charge on any atom is 0.253 e. The number of amides is 2. The summed E-state index contributed by atoms with van der Waals surface area (Å²) in [6, 6.07) is 7.47. The Morgan fingerprint density at radius 3 is 2.67 bits per heavy atom.